The van der Waals surface area contributed by atoms with E-state index in [0.717, 1.165) is 37.7 Å². The highest BCUT2D eigenvalue weighted by Crippen LogP contribution is 2.38. The second-order valence-electron chi connectivity index (χ2n) is 8.14. The molecule has 0 N–H and O–H groups in total. The Morgan fingerprint density at radius 1 is 0.857 bits per heavy atom. The molecule has 3 aromatic carbocycles. The summed E-state index contributed by atoms with van der Waals surface area (Å²) in [5.74, 6) is 0.650. The maximum Gasteiger partial charge on any atom is 0.150 e. The normalized spacial score (nSPS) is 13.0. The van der Waals surface area contributed by atoms with Gasteiger partial charge in [0.05, 0.1) is 0 Å². The summed E-state index contributed by atoms with van der Waals surface area (Å²) in [5, 5.41) is 0. The zero-order chi connectivity index (χ0) is 19.5. The van der Waals surface area contributed by atoms with Gasteiger partial charge in [0.2, 0.25) is 0 Å². The van der Waals surface area contributed by atoms with Gasteiger partial charge in [-0.15, -0.1) is 0 Å². The molecular weight excluding hydrogens is 342 g/mol. The highest BCUT2D eigenvalue weighted by atomic mass is 16.1. The number of anilines is 2. The summed E-state index contributed by atoms with van der Waals surface area (Å²) < 4.78 is 0. The standard InChI is InChI=1S/C26H27NO/c1-19(2)14-21-8-12-25-23(15-21)10-11-24-16-22(18-28)9-13-26(24)27(25)17-20-6-4-3-5-7-20/h3-9,12-13,15-16,18-19H,10-11,14,17H2,1-2H3. The molecule has 2 heteroatoms. The maximum atomic E-state index is 11.3. The second-order valence-corrected chi connectivity index (χ2v) is 8.14. The van der Waals surface area contributed by atoms with Crippen LogP contribution in [0.3, 0.4) is 0 Å². The van der Waals surface area contributed by atoms with Crippen molar-refractivity contribution in [2.45, 2.75) is 39.7 Å². The van der Waals surface area contributed by atoms with Crippen molar-refractivity contribution in [1.82, 2.24) is 0 Å². The molecule has 0 saturated carbocycles. The van der Waals surface area contributed by atoms with Crippen LogP contribution in [-0.4, -0.2) is 6.29 Å². The number of carbonyl (C=O) groups excluding carboxylic acids is 1. The number of aldehydes is 1. The van der Waals surface area contributed by atoms with Gasteiger partial charge in [-0.25, -0.2) is 0 Å². The van der Waals surface area contributed by atoms with E-state index in [1.807, 2.05) is 6.07 Å². The molecular formula is C26H27NO. The first-order valence-electron chi connectivity index (χ1n) is 10.2. The molecule has 2 nitrogen and oxygen atoms in total. The summed E-state index contributed by atoms with van der Waals surface area (Å²) in [6.07, 6.45) is 4.01. The van der Waals surface area contributed by atoms with Gasteiger partial charge in [0.1, 0.15) is 6.29 Å². The molecule has 1 heterocycles. The number of nitrogens with zero attached hydrogens (tertiary/aromatic N) is 1. The van der Waals surface area contributed by atoms with Crippen molar-refractivity contribution in [3.8, 4) is 0 Å². The van der Waals surface area contributed by atoms with Gasteiger partial charge < -0.3 is 4.90 Å². The van der Waals surface area contributed by atoms with Crippen molar-refractivity contribution in [1.29, 1.82) is 0 Å². The Labute approximate surface area is 167 Å². The van der Waals surface area contributed by atoms with Crippen molar-refractivity contribution in [3.05, 3.63) is 94.5 Å². The quantitative estimate of drug-likeness (QED) is 0.504. The van der Waals surface area contributed by atoms with Gasteiger partial charge in [0.15, 0.2) is 0 Å². The lowest BCUT2D eigenvalue weighted by Gasteiger charge is -2.27. The van der Waals surface area contributed by atoms with Crippen LogP contribution in [0.1, 0.15) is 46.5 Å². The summed E-state index contributed by atoms with van der Waals surface area (Å²) in [6.45, 7) is 5.36. The third kappa shape index (κ3) is 3.87. The molecule has 28 heavy (non-hydrogen) atoms. The average Bonchev–Trinajstić information content (AvgIpc) is 2.85. The highest BCUT2D eigenvalue weighted by molar-refractivity contribution is 5.79. The fourth-order valence-electron chi connectivity index (χ4n) is 4.18. The summed E-state index contributed by atoms with van der Waals surface area (Å²) >= 11 is 0. The van der Waals surface area contributed by atoms with E-state index in [1.165, 1.54) is 33.6 Å². The van der Waals surface area contributed by atoms with Crippen LogP contribution in [0.5, 0.6) is 0 Å². The van der Waals surface area contributed by atoms with E-state index < -0.39 is 0 Å². The summed E-state index contributed by atoms with van der Waals surface area (Å²) in [4.78, 5) is 13.7. The van der Waals surface area contributed by atoms with E-state index in [9.17, 15) is 4.79 Å². The van der Waals surface area contributed by atoms with Crippen molar-refractivity contribution >= 4 is 17.7 Å². The van der Waals surface area contributed by atoms with Gasteiger partial charge >= 0.3 is 0 Å². The van der Waals surface area contributed by atoms with Crippen LogP contribution in [-0.2, 0) is 25.8 Å². The fraction of sp³-hybridized carbons (Fsp3) is 0.269. The van der Waals surface area contributed by atoms with Gasteiger partial charge in [-0.3, -0.25) is 4.79 Å². The molecule has 3 aromatic rings. The largest absolute Gasteiger partial charge is 0.337 e. The Morgan fingerprint density at radius 3 is 2.21 bits per heavy atom. The van der Waals surface area contributed by atoms with Crippen LogP contribution in [0.2, 0.25) is 0 Å². The number of hydrogen-bond donors (Lipinski definition) is 0. The smallest absolute Gasteiger partial charge is 0.150 e. The van der Waals surface area contributed by atoms with E-state index in [1.54, 1.807) is 0 Å². The van der Waals surface area contributed by atoms with E-state index >= 15 is 0 Å². The molecule has 4 rings (SSSR count). The third-order valence-corrected chi connectivity index (χ3v) is 5.46. The van der Waals surface area contributed by atoms with E-state index in [-0.39, 0.29) is 0 Å². The molecule has 0 atom stereocenters. The minimum absolute atomic E-state index is 0.650. The Hall–Kier alpha value is -2.87. The Kier molecular flexibility index (Phi) is 5.29. The van der Waals surface area contributed by atoms with Crippen molar-refractivity contribution in [3.63, 3.8) is 0 Å². The van der Waals surface area contributed by atoms with Crippen molar-refractivity contribution in [2.24, 2.45) is 5.92 Å². The SMILES string of the molecule is CC(C)Cc1ccc2c(c1)CCc1cc(C=O)ccc1N2Cc1ccccc1. The van der Waals surface area contributed by atoms with Crippen LogP contribution in [0.4, 0.5) is 11.4 Å². The Balaban J connectivity index is 1.80. The lowest BCUT2D eigenvalue weighted by atomic mass is 9.97. The number of carbonyl (C=O) groups is 1. The van der Waals surface area contributed by atoms with Crippen molar-refractivity contribution < 1.29 is 4.79 Å². The van der Waals surface area contributed by atoms with E-state index in [0.29, 0.717) is 5.92 Å². The van der Waals surface area contributed by atoms with E-state index in [4.69, 9.17) is 0 Å². The van der Waals surface area contributed by atoms with Gasteiger partial charge in [-0.2, -0.15) is 0 Å². The lowest BCUT2D eigenvalue weighted by molar-refractivity contribution is 0.112. The monoisotopic (exact) mass is 369 g/mol. The predicted molar refractivity (Wildman–Crippen MR) is 117 cm³/mol. The van der Waals surface area contributed by atoms with Crippen LogP contribution in [0.15, 0.2) is 66.7 Å². The first-order chi connectivity index (χ1) is 13.6. The Bertz CT molecular complexity index is 975. The molecule has 0 spiro atoms. The molecule has 0 radical (unpaired) electrons. The molecule has 0 amide bonds. The average molecular weight is 370 g/mol. The van der Waals surface area contributed by atoms with Gasteiger partial charge in [-0.05, 0) is 71.7 Å². The van der Waals surface area contributed by atoms with E-state index in [2.05, 4.69) is 79.4 Å². The highest BCUT2D eigenvalue weighted by Gasteiger charge is 2.21. The number of aryl methyl sites for hydroxylation is 2. The van der Waals surface area contributed by atoms with Crippen LogP contribution >= 0.6 is 0 Å². The van der Waals surface area contributed by atoms with Gasteiger partial charge in [0, 0.05) is 23.5 Å². The summed E-state index contributed by atoms with van der Waals surface area (Å²) in [5.41, 5.74) is 8.60. The molecule has 0 aliphatic carbocycles. The number of rotatable bonds is 5. The zero-order valence-corrected chi connectivity index (χ0v) is 16.7. The number of benzene rings is 3. The topological polar surface area (TPSA) is 20.3 Å². The molecule has 142 valence electrons. The molecule has 0 saturated heterocycles. The third-order valence-electron chi connectivity index (χ3n) is 5.46. The lowest BCUT2D eigenvalue weighted by Crippen LogP contribution is -2.18. The predicted octanol–water partition coefficient (Wildman–Crippen LogP) is 6.13. The molecule has 0 aromatic heterocycles. The van der Waals surface area contributed by atoms with Gasteiger partial charge in [0.25, 0.3) is 0 Å². The van der Waals surface area contributed by atoms with Crippen LogP contribution < -0.4 is 4.90 Å². The number of hydrogen-bond acceptors (Lipinski definition) is 2. The van der Waals surface area contributed by atoms with Crippen LogP contribution in [0.25, 0.3) is 0 Å². The van der Waals surface area contributed by atoms with Crippen molar-refractivity contribution in [2.75, 3.05) is 4.90 Å². The minimum atomic E-state index is 0.650. The fourth-order valence-corrected chi connectivity index (χ4v) is 4.18. The van der Waals surface area contributed by atoms with Gasteiger partial charge in [-0.1, -0.05) is 56.3 Å². The second kappa shape index (κ2) is 8.02. The van der Waals surface area contributed by atoms with Crippen LogP contribution in [0, 0.1) is 5.92 Å². The first-order valence-corrected chi connectivity index (χ1v) is 10.2. The zero-order valence-electron chi connectivity index (χ0n) is 16.7. The molecule has 0 bridgehead atoms. The minimum Gasteiger partial charge on any atom is -0.337 e. The molecule has 1 aliphatic heterocycles. The molecule has 0 fully saturated rings. The summed E-state index contributed by atoms with van der Waals surface area (Å²) in [7, 11) is 0. The Morgan fingerprint density at radius 2 is 1.54 bits per heavy atom. The molecule has 0 unspecified atom stereocenters. The summed E-state index contributed by atoms with van der Waals surface area (Å²) in [6, 6.07) is 23.7. The first kappa shape index (κ1) is 18.5. The maximum absolute atomic E-state index is 11.3. The number of fused-ring (bicyclic) bond motifs is 2. The molecule has 1 aliphatic rings.